The van der Waals surface area contributed by atoms with Crippen LogP contribution in [0.5, 0.6) is 0 Å². The number of hydrogen-bond donors (Lipinski definition) is 3. The average Bonchev–Trinajstić information content (AvgIpc) is 2.11. The first-order chi connectivity index (χ1) is 6.66. The zero-order chi connectivity index (χ0) is 10.8. The summed E-state index contributed by atoms with van der Waals surface area (Å²) >= 11 is 0. The number of aliphatic hydroxyl groups is 1. The summed E-state index contributed by atoms with van der Waals surface area (Å²) in [4.78, 5) is 10.2. The fourth-order valence-corrected chi connectivity index (χ4v) is 1.22. The number of unbranched alkanes of at least 4 members (excludes halogenated alkanes) is 2. The molecule has 0 amide bonds. The van der Waals surface area contributed by atoms with E-state index in [9.17, 15) is 4.79 Å². The van der Waals surface area contributed by atoms with Crippen LogP contribution in [0.4, 0.5) is 0 Å². The number of nitrogens with one attached hydrogen (secondary N) is 1. The maximum Gasteiger partial charge on any atom is 0.303 e. The Morgan fingerprint density at radius 2 is 2.07 bits per heavy atom. The average molecular weight is 203 g/mol. The fraction of sp³-hybridized carbons (Fsp3) is 0.900. The topological polar surface area (TPSA) is 69.6 Å². The molecule has 0 saturated heterocycles. The molecule has 14 heavy (non-hydrogen) atoms. The highest BCUT2D eigenvalue weighted by atomic mass is 16.4. The smallest absolute Gasteiger partial charge is 0.303 e. The molecule has 84 valence electrons. The molecule has 0 spiro atoms. The van der Waals surface area contributed by atoms with Gasteiger partial charge in [-0.1, -0.05) is 6.42 Å². The Morgan fingerprint density at radius 1 is 1.36 bits per heavy atom. The predicted molar refractivity (Wildman–Crippen MR) is 55.3 cm³/mol. The number of aliphatic hydroxyl groups excluding tert-OH is 1. The van der Waals surface area contributed by atoms with E-state index in [0.29, 0.717) is 6.04 Å². The molecule has 0 aliphatic heterocycles. The van der Waals surface area contributed by atoms with E-state index in [1.54, 1.807) is 0 Å². The zero-order valence-corrected chi connectivity index (χ0v) is 8.83. The van der Waals surface area contributed by atoms with Gasteiger partial charge in [-0.2, -0.15) is 0 Å². The van der Waals surface area contributed by atoms with Crippen LogP contribution >= 0.6 is 0 Å². The summed E-state index contributed by atoms with van der Waals surface area (Å²) in [6.07, 6.45) is 3.75. The molecule has 0 fully saturated rings. The molecule has 3 N–H and O–H groups in total. The lowest BCUT2D eigenvalue weighted by atomic mass is 10.2. The van der Waals surface area contributed by atoms with Crippen molar-refractivity contribution in [1.29, 1.82) is 0 Å². The van der Waals surface area contributed by atoms with Crippen molar-refractivity contribution >= 4 is 5.97 Å². The zero-order valence-electron chi connectivity index (χ0n) is 8.83. The van der Waals surface area contributed by atoms with Gasteiger partial charge in [0, 0.05) is 19.1 Å². The molecule has 0 aromatic carbocycles. The van der Waals surface area contributed by atoms with Crippen LogP contribution in [0.15, 0.2) is 0 Å². The van der Waals surface area contributed by atoms with Gasteiger partial charge in [-0.15, -0.1) is 0 Å². The molecule has 0 saturated carbocycles. The van der Waals surface area contributed by atoms with Crippen LogP contribution < -0.4 is 5.32 Å². The highest BCUT2D eigenvalue weighted by molar-refractivity contribution is 5.66. The summed E-state index contributed by atoms with van der Waals surface area (Å²) < 4.78 is 0. The van der Waals surface area contributed by atoms with Gasteiger partial charge in [-0.05, 0) is 32.7 Å². The SMILES string of the molecule is CC(CCO)NCCCCCC(=O)O. The Labute approximate surface area is 85.3 Å². The van der Waals surface area contributed by atoms with E-state index in [2.05, 4.69) is 5.32 Å². The number of rotatable bonds is 9. The lowest BCUT2D eigenvalue weighted by molar-refractivity contribution is -0.137. The largest absolute Gasteiger partial charge is 0.481 e. The van der Waals surface area contributed by atoms with E-state index in [4.69, 9.17) is 10.2 Å². The van der Waals surface area contributed by atoms with Crippen LogP contribution in [0.2, 0.25) is 0 Å². The number of carboxylic acid groups (broad SMARTS) is 1. The van der Waals surface area contributed by atoms with Gasteiger partial charge >= 0.3 is 5.97 Å². The molecule has 1 atom stereocenters. The van der Waals surface area contributed by atoms with E-state index >= 15 is 0 Å². The Balaban J connectivity index is 3.09. The van der Waals surface area contributed by atoms with Gasteiger partial charge in [0.15, 0.2) is 0 Å². The van der Waals surface area contributed by atoms with Gasteiger partial charge < -0.3 is 15.5 Å². The fourth-order valence-electron chi connectivity index (χ4n) is 1.22. The van der Waals surface area contributed by atoms with Crippen molar-refractivity contribution in [1.82, 2.24) is 5.32 Å². The minimum absolute atomic E-state index is 0.215. The molecule has 0 aromatic heterocycles. The molecular weight excluding hydrogens is 182 g/mol. The van der Waals surface area contributed by atoms with Crippen LogP contribution in [0.1, 0.15) is 39.0 Å². The molecule has 0 bridgehead atoms. The Hall–Kier alpha value is -0.610. The van der Waals surface area contributed by atoms with Gasteiger partial charge in [0.1, 0.15) is 0 Å². The van der Waals surface area contributed by atoms with Gasteiger partial charge in [0.2, 0.25) is 0 Å². The molecule has 0 radical (unpaired) electrons. The van der Waals surface area contributed by atoms with Gasteiger partial charge in [0.25, 0.3) is 0 Å². The van der Waals surface area contributed by atoms with Crippen molar-refractivity contribution in [2.24, 2.45) is 0 Å². The van der Waals surface area contributed by atoms with E-state index in [1.807, 2.05) is 6.92 Å². The van der Waals surface area contributed by atoms with Crippen LogP contribution in [0.3, 0.4) is 0 Å². The Kier molecular flexibility index (Phi) is 8.57. The molecule has 0 aromatic rings. The number of carbonyl (C=O) groups is 1. The third-order valence-electron chi connectivity index (χ3n) is 2.12. The van der Waals surface area contributed by atoms with Crippen molar-refractivity contribution in [3.8, 4) is 0 Å². The highest BCUT2D eigenvalue weighted by Gasteiger charge is 1.99. The predicted octanol–water partition coefficient (Wildman–Crippen LogP) is 0.992. The van der Waals surface area contributed by atoms with Crippen molar-refractivity contribution in [2.45, 2.75) is 45.1 Å². The molecular formula is C10H21NO3. The maximum absolute atomic E-state index is 10.2. The summed E-state index contributed by atoms with van der Waals surface area (Å²) in [5.41, 5.74) is 0. The Morgan fingerprint density at radius 3 is 2.64 bits per heavy atom. The molecule has 0 aliphatic carbocycles. The van der Waals surface area contributed by atoms with E-state index < -0.39 is 5.97 Å². The lowest BCUT2D eigenvalue weighted by Gasteiger charge is -2.11. The summed E-state index contributed by atoms with van der Waals surface area (Å²) in [5, 5.41) is 20.3. The highest BCUT2D eigenvalue weighted by Crippen LogP contribution is 1.99. The number of aliphatic carboxylic acids is 1. The minimum Gasteiger partial charge on any atom is -0.481 e. The van der Waals surface area contributed by atoms with Crippen molar-refractivity contribution in [2.75, 3.05) is 13.2 Å². The third-order valence-corrected chi connectivity index (χ3v) is 2.12. The first-order valence-electron chi connectivity index (χ1n) is 5.23. The van der Waals surface area contributed by atoms with Crippen molar-refractivity contribution in [3.05, 3.63) is 0 Å². The molecule has 0 heterocycles. The molecule has 1 unspecified atom stereocenters. The number of carboxylic acids is 1. The number of hydrogen-bond acceptors (Lipinski definition) is 3. The minimum atomic E-state index is -0.716. The molecule has 0 aliphatic rings. The lowest BCUT2D eigenvalue weighted by Crippen LogP contribution is -2.27. The van der Waals surface area contributed by atoms with Crippen LogP contribution in [0, 0.1) is 0 Å². The second kappa shape index (κ2) is 8.97. The van der Waals surface area contributed by atoms with Crippen molar-refractivity contribution in [3.63, 3.8) is 0 Å². The summed E-state index contributed by atoms with van der Waals surface area (Å²) in [6.45, 7) is 3.15. The van der Waals surface area contributed by atoms with Gasteiger partial charge in [-0.3, -0.25) is 4.79 Å². The first-order valence-corrected chi connectivity index (χ1v) is 5.23. The van der Waals surface area contributed by atoms with Gasteiger partial charge in [0.05, 0.1) is 0 Å². The normalized spacial score (nSPS) is 12.7. The second-order valence-electron chi connectivity index (χ2n) is 3.57. The second-order valence-corrected chi connectivity index (χ2v) is 3.57. The molecule has 0 rings (SSSR count). The monoisotopic (exact) mass is 203 g/mol. The van der Waals surface area contributed by atoms with Crippen LogP contribution in [-0.4, -0.2) is 35.4 Å². The molecule has 4 nitrogen and oxygen atoms in total. The summed E-state index contributed by atoms with van der Waals surface area (Å²) in [6, 6.07) is 0.347. The van der Waals surface area contributed by atoms with Gasteiger partial charge in [-0.25, -0.2) is 0 Å². The quantitative estimate of drug-likeness (QED) is 0.489. The summed E-state index contributed by atoms with van der Waals surface area (Å²) in [7, 11) is 0. The third kappa shape index (κ3) is 9.48. The van der Waals surface area contributed by atoms with Crippen LogP contribution in [-0.2, 0) is 4.79 Å². The summed E-state index contributed by atoms with van der Waals surface area (Å²) in [5.74, 6) is -0.716. The maximum atomic E-state index is 10.2. The Bertz CT molecular complexity index is 150. The van der Waals surface area contributed by atoms with E-state index in [1.165, 1.54) is 0 Å². The van der Waals surface area contributed by atoms with E-state index in [-0.39, 0.29) is 13.0 Å². The van der Waals surface area contributed by atoms with Crippen molar-refractivity contribution < 1.29 is 15.0 Å². The first kappa shape index (κ1) is 13.4. The van der Waals surface area contributed by atoms with Crippen LogP contribution in [0.25, 0.3) is 0 Å². The molecule has 4 heteroatoms. The standard InChI is InChI=1S/C10H21NO3/c1-9(6-8-12)11-7-4-2-3-5-10(13)14/h9,11-12H,2-8H2,1H3,(H,13,14). The van der Waals surface area contributed by atoms with E-state index in [0.717, 1.165) is 32.2 Å².